The number of carbonyl (C=O) groups is 1. The van der Waals surface area contributed by atoms with E-state index in [0.29, 0.717) is 16.4 Å². The van der Waals surface area contributed by atoms with Gasteiger partial charge in [-0.3, -0.25) is 4.79 Å². The summed E-state index contributed by atoms with van der Waals surface area (Å²) in [4.78, 5) is 14.3. The van der Waals surface area contributed by atoms with Crippen molar-refractivity contribution in [1.29, 1.82) is 0 Å². The zero-order valence-corrected chi connectivity index (χ0v) is 14.7. The molecule has 0 radical (unpaired) electrons. The molecule has 0 aliphatic carbocycles. The molecule has 1 amide bonds. The third kappa shape index (κ3) is 3.64. The van der Waals surface area contributed by atoms with Gasteiger partial charge in [-0.15, -0.1) is 0 Å². The molecule has 1 spiro atoms. The lowest BCUT2D eigenvalue weighted by molar-refractivity contribution is -0.136. The fraction of sp³-hybridized carbons (Fsp3) is 0.611. The maximum absolute atomic E-state index is 12.4. The lowest BCUT2D eigenvalue weighted by Gasteiger charge is -2.48. The van der Waals surface area contributed by atoms with Crippen LogP contribution in [0, 0.1) is 5.41 Å². The summed E-state index contributed by atoms with van der Waals surface area (Å²) in [6, 6.07) is 5.58. The van der Waals surface area contributed by atoms with Gasteiger partial charge in [-0.25, -0.2) is 0 Å². The summed E-state index contributed by atoms with van der Waals surface area (Å²) >= 11 is 6.06. The SMILES string of the molecule is CC(C)c1cc(Cl)ccc1OCC(=O)N1CCC2(CC1)CNC2. The van der Waals surface area contributed by atoms with E-state index in [1.807, 2.05) is 23.1 Å². The molecule has 4 nitrogen and oxygen atoms in total. The quantitative estimate of drug-likeness (QED) is 0.918. The number of amides is 1. The zero-order valence-electron chi connectivity index (χ0n) is 13.9. The summed E-state index contributed by atoms with van der Waals surface area (Å²) < 4.78 is 5.80. The molecule has 0 atom stereocenters. The fourth-order valence-electron chi connectivity index (χ4n) is 3.40. The molecular weight excluding hydrogens is 312 g/mol. The Balaban J connectivity index is 1.55. The minimum Gasteiger partial charge on any atom is -0.483 e. The molecular formula is C18H25ClN2O2. The van der Waals surface area contributed by atoms with Gasteiger partial charge in [0, 0.05) is 31.2 Å². The summed E-state index contributed by atoms with van der Waals surface area (Å²) in [6.07, 6.45) is 2.20. The highest BCUT2D eigenvalue weighted by atomic mass is 35.5. The van der Waals surface area contributed by atoms with Crippen LogP contribution in [-0.4, -0.2) is 43.6 Å². The number of nitrogens with zero attached hydrogens (tertiary/aromatic N) is 1. The average Bonchev–Trinajstić information content (AvgIpc) is 2.52. The molecule has 0 saturated carbocycles. The normalized spacial score (nSPS) is 19.7. The Hall–Kier alpha value is -1.26. The first kappa shape index (κ1) is 16.6. The first-order valence-electron chi connectivity index (χ1n) is 8.40. The Bertz CT molecular complexity index is 574. The standard InChI is InChI=1S/C18H25ClN2O2/c1-13(2)15-9-14(19)3-4-16(15)23-10-17(22)21-7-5-18(6-8-21)11-20-12-18/h3-4,9,13,20H,5-8,10-12H2,1-2H3. The molecule has 5 heteroatoms. The first-order valence-corrected chi connectivity index (χ1v) is 8.78. The van der Waals surface area contributed by atoms with Gasteiger partial charge in [-0.2, -0.15) is 0 Å². The van der Waals surface area contributed by atoms with Crippen molar-refractivity contribution in [2.45, 2.75) is 32.6 Å². The number of rotatable bonds is 4. The van der Waals surface area contributed by atoms with E-state index in [9.17, 15) is 4.79 Å². The number of benzene rings is 1. The molecule has 23 heavy (non-hydrogen) atoms. The summed E-state index contributed by atoms with van der Waals surface area (Å²) in [5, 5.41) is 4.04. The third-order valence-electron chi connectivity index (χ3n) is 5.12. The lowest BCUT2D eigenvalue weighted by Crippen LogP contribution is -2.59. The van der Waals surface area contributed by atoms with Gasteiger partial charge in [0.1, 0.15) is 5.75 Å². The van der Waals surface area contributed by atoms with Gasteiger partial charge < -0.3 is 15.0 Å². The predicted molar refractivity (Wildman–Crippen MR) is 92.2 cm³/mol. The van der Waals surface area contributed by atoms with Crippen LogP contribution in [-0.2, 0) is 4.79 Å². The first-order chi connectivity index (χ1) is 11.0. The Morgan fingerprint density at radius 1 is 1.35 bits per heavy atom. The number of halogens is 1. The Morgan fingerprint density at radius 3 is 2.61 bits per heavy atom. The Morgan fingerprint density at radius 2 is 2.04 bits per heavy atom. The van der Waals surface area contributed by atoms with Crippen LogP contribution in [0.5, 0.6) is 5.75 Å². The molecule has 126 valence electrons. The van der Waals surface area contributed by atoms with E-state index in [4.69, 9.17) is 16.3 Å². The second-order valence-corrected chi connectivity index (χ2v) is 7.55. The van der Waals surface area contributed by atoms with Gasteiger partial charge in [-0.05, 0) is 47.9 Å². The van der Waals surface area contributed by atoms with Crippen molar-refractivity contribution in [2.75, 3.05) is 32.8 Å². The zero-order chi connectivity index (χ0) is 16.4. The molecule has 2 aliphatic heterocycles. The summed E-state index contributed by atoms with van der Waals surface area (Å²) in [5.41, 5.74) is 1.50. The molecule has 0 unspecified atom stereocenters. The molecule has 2 saturated heterocycles. The van der Waals surface area contributed by atoms with E-state index >= 15 is 0 Å². The van der Waals surface area contributed by atoms with Crippen LogP contribution in [0.15, 0.2) is 18.2 Å². The number of ether oxygens (including phenoxy) is 1. The number of hydrogen-bond donors (Lipinski definition) is 1. The highest BCUT2D eigenvalue weighted by molar-refractivity contribution is 6.30. The number of hydrogen-bond acceptors (Lipinski definition) is 3. The van der Waals surface area contributed by atoms with Crippen LogP contribution in [0.25, 0.3) is 0 Å². The van der Waals surface area contributed by atoms with Gasteiger partial charge in [0.25, 0.3) is 5.91 Å². The van der Waals surface area contributed by atoms with Crippen LogP contribution >= 0.6 is 11.6 Å². The van der Waals surface area contributed by atoms with E-state index in [0.717, 1.165) is 50.3 Å². The number of nitrogens with one attached hydrogen (secondary N) is 1. The highest BCUT2D eigenvalue weighted by Crippen LogP contribution is 2.35. The summed E-state index contributed by atoms with van der Waals surface area (Å²) in [7, 11) is 0. The van der Waals surface area contributed by atoms with E-state index in [1.54, 1.807) is 0 Å². The smallest absolute Gasteiger partial charge is 0.260 e. The van der Waals surface area contributed by atoms with Crippen molar-refractivity contribution in [3.05, 3.63) is 28.8 Å². The van der Waals surface area contributed by atoms with Crippen LogP contribution < -0.4 is 10.1 Å². The molecule has 1 N–H and O–H groups in total. The molecule has 0 bridgehead atoms. The predicted octanol–water partition coefficient (Wildman–Crippen LogP) is 3.05. The molecule has 2 aliphatic rings. The van der Waals surface area contributed by atoms with Gasteiger partial charge in [0.05, 0.1) is 0 Å². The largest absolute Gasteiger partial charge is 0.483 e. The van der Waals surface area contributed by atoms with Gasteiger partial charge in [0.15, 0.2) is 6.61 Å². The average molecular weight is 337 g/mol. The van der Waals surface area contributed by atoms with E-state index < -0.39 is 0 Å². The summed E-state index contributed by atoms with van der Waals surface area (Å²) in [6.45, 7) is 8.20. The highest BCUT2D eigenvalue weighted by Gasteiger charge is 2.40. The van der Waals surface area contributed by atoms with Crippen molar-refractivity contribution >= 4 is 17.5 Å². The van der Waals surface area contributed by atoms with Crippen molar-refractivity contribution in [1.82, 2.24) is 10.2 Å². The minimum atomic E-state index is 0.0804. The number of piperidine rings is 1. The van der Waals surface area contributed by atoms with Crippen LogP contribution in [0.4, 0.5) is 0 Å². The fourth-order valence-corrected chi connectivity index (χ4v) is 3.58. The van der Waals surface area contributed by atoms with Crippen LogP contribution in [0.1, 0.15) is 38.2 Å². The maximum atomic E-state index is 12.4. The van der Waals surface area contributed by atoms with E-state index in [2.05, 4.69) is 19.2 Å². The Kier molecular flexibility index (Phi) is 4.83. The number of likely N-dealkylation sites (tertiary alicyclic amines) is 1. The number of carbonyl (C=O) groups excluding carboxylic acids is 1. The maximum Gasteiger partial charge on any atom is 0.260 e. The minimum absolute atomic E-state index is 0.0804. The van der Waals surface area contributed by atoms with E-state index in [-0.39, 0.29) is 12.5 Å². The Labute approximate surface area is 143 Å². The van der Waals surface area contributed by atoms with Crippen molar-refractivity contribution in [3.63, 3.8) is 0 Å². The van der Waals surface area contributed by atoms with Gasteiger partial charge in [-0.1, -0.05) is 25.4 Å². The topological polar surface area (TPSA) is 41.6 Å². The molecule has 0 aromatic heterocycles. The molecule has 1 aromatic carbocycles. The molecule has 3 rings (SSSR count). The second-order valence-electron chi connectivity index (χ2n) is 7.11. The van der Waals surface area contributed by atoms with Gasteiger partial charge >= 0.3 is 0 Å². The van der Waals surface area contributed by atoms with Crippen LogP contribution in [0.2, 0.25) is 5.02 Å². The summed E-state index contributed by atoms with van der Waals surface area (Å²) in [5.74, 6) is 1.14. The third-order valence-corrected chi connectivity index (χ3v) is 5.36. The lowest BCUT2D eigenvalue weighted by atomic mass is 9.73. The molecule has 1 aromatic rings. The van der Waals surface area contributed by atoms with Gasteiger partial charge in [0.2, 0.25) is 0 Å². The van der Waals surface area contributed by atoms with Crippen molar-refractivity contribution in [3.8, 4) is 5.75 Å². The van der Waals surface area contributed by atoms with E-state index in [1.165, 1.54) is 0 Å². The van der Waals surface area contributed by atoms with Crippen LogP contribution in [0.3, 0.4) is 0 Å². The van der Waals surface area contributed by atoms with Crippen molar-refractivity contribution in [2.24, 2.45) is 5.41 Å². The van der Waals surface area contributed by atoms with Crippen molar-refractivity contribution < 1.29 is 9.53 Å². The molecule has 2 heterocycles. The second kappa shape index (κ2) is 6.70. The molecule has 2 fully saturated rings. The monoisotopic (exact) mass is 336 g/mol.